The van der Waals surface area contributed by atoms with Gasteiger partial charge in [-0.15, -0.1) is 0 Å². The Balaban J connectivity index is 1.81. The molecule has 0 unspecified atom stereocenters. The highest BCUT2D eigenvalue weighted by atomic mass is 127. The van der Waals surface area contributed by atoms with E-state index in [2.05, 4.69) is 37.7 Å². The lowest BCUT2D eigenvalue weighted by molar-refractivity contribution is -0.117. The number of β-amino-alcohol motifs (C(OH)–C–C–N with tert-alkyl or cyclic N) is 1. The molecule has 0 aromatic heterocycles. The van der Waals surface area contributed by atoms with Crippen LogP contribution in [0.1, 0.15) is 6.42 Å². The summed E-state index contributed by atoms with van der Waals surface area (Å²) in [7, 11) is 0. The molecule has 21 heavy (non-hydrogen) atoms. The van der Waals surface area contributed by atoms with E-state index in [4.69, 9.17) is 5.11 Å². The Morgan fingerprint density at radius 1 is 1.19 bits per heavy atom. The summed E-state index contributed by atoms with van der Waals surface area (Å²) in [6, 6.07) is 7.79. The summed E-state index contributed by atoms with van der Waals surface area (Å²) in [5.74, 6) is 0.0368. The van der Waals surface area contributed by atoms with Crippen molar-refractivity contribution in [1.82, 2.24) is 9.80 Å². The minimum absolute atomic E-state index is 0.0368. The first kappa shape index (κ1) is 16.7. The van der Waals surface area contributed by atoms with Crippen LogP contribution in [-0.2, 0) is 4.79 Å². The lowest BCUT2D eigenvalue weighted by atomic mass is 10.3. The van der Waals surface area contributed by atoms with Gasteiger partial charge in [0, 0.05) is 23.2 Å². The van der Waals surface area contributed by atoms with E-state index in [9.17, 15) is 4.79 Å². The summed E-state index contributed by atoms with van der Waals surface area (Å²) in [6.07, 6.45) is 1.04. The molecule has 1 amide bonds. The van der Waals surface area contributed by atoms with E-state index in [0.717, 1.165) is 48.4 Å². The minimum Gasteiger partial charge on any atom is -0.395 e. The van der Waals surface area contributed by atoms with Gasteiger partial charge in [0.05, 0.1) is 18.8 Å². The standard InChI is InChI=1S/C15H22IN3O2/c16-13-4-1-2-5-14(13)17-15(21)12-19-7-3-6-18(8-9-19)10-11-20/h1-2,4-5,20H,3,6-12H2,(H,17,21). The van der Waals surface area contributed by atoms with Gasteiger partial charge in [0.2, 0.25) is 5.91 Å². The molecule has 0 radical (unpaired) electrons. The number of halogens is 1. The second kappa shape index (κ2) is 8.67. The van der Waals surface area contributed by atoms with Crippen molar-refractivity contribution in [2.24, 2.45) is 0 Å². The highest BCUT2D eigenvalue weighted by Gasteiger charge is 2.17. The van der Waals surface area contributed by atoms with Gasteiger partial charge < -0.3 is 10.4 Å². The van der Waals surface area contributed by atoms with Crippen LogP contribution in [0.25, 0.3) is 0 Å². The van der Waals surface area contributed by atoms with Crippen LogP contribution in [0.15, 0.2) is 24.3 Å². The predicted molar refractivity (Wildman–Crippen MR) is 92.4 cm³/mol. The fourth-order valence-corrected chi connectivity index (χ4v) is 3.03. The Morgan fingerprint density at radius 3 is 2.67 bits per heavy atom. The SMILES string of the molecule is O=C(CN1CCCN(CCO)CC1)Nc1ccccc1I. The van der Waals surface area contributed by atoms with Crippen LogP contribution in [0.5, 0.6) is 0 Å². The molecule has 116 valence electrons. The van der Waals surface area contributed by atoms with Gasteiger partial charge in [-0.1, -0.05) is 12.1 Å². The second-order valence-electron chi connectivity index (χ2n) is 5.22. The van der Waals surface area contributed by atoms with Crippen LogP contribution >= 0.6 is 22.6 Å². The van der Waals surface area contributed by atoms with Crippen molar-refractivity contribution in [2.45, 2.75) is 6.42 Å². The summed E-state index contributed by atoms with van der Waals surface area (Å²) in [5.41, 5.74) is 0.875. The van der Waals surface area contributed by atoms with E-state index in [0.29, 0.717) is 6.54 Å². The van der Waals surface area contributed by atoms with Crippen LogP contribution in [0.3, 0.4) is 0 Å². The number of rotatable bonds is 5. The maximum absolute atomic E-state index is 12.1. The molecule has 1 aliphatic rings. The smallest absolute Gasteiger partial charge is 0.238 e. The van der Waals surface area contributed by atoms with Crippen molar-refractivity contribution < 1.29 is 9.90 Å². The number of para-hydroxylation sites is 1. The van der Waals surface area contributed by atoms with Gasteiger partial charge in [-0.3, -0.25) is 14.6 Å². The molecule has 0 spiro atoms. The zero-order valence-electron chi connectivity index (χ0n) is 12.1. The average molecular weight is 403 g/mol. The van der Waals surface area contributed by atoms with Crippen molar-refractivity contribution in [3.8, 4) is 0 Å². The molecule has 1 heterocycles. The van der Waals surface area contributed by atoms with E-state index in [1.807, 2.05) is 24.3 Å². The topological polar surface area (TPSA) is 55.8 Å². The Hall–Kier alpha value is -0.700. The predicted octanol–water partition coefficient (Wildman–Crippen LogP) is 1.23. The Morgan fingerprint density at radius 2 is 1.90 bits per heavy atom. The molecule has 1 aromatic rings. The number of amides is 1. The summed E-state index contributed by atoms with van der Waals surface area (Å²) in [4.78, 5) is 16.6. The number of hydrogen-bond donors (Lipinski definition) is 2. The highest BCUT2D eigenvalue weighted by molar-refractivity contribution is 14.1. The Labute approximate surface area is 139 Å². The van der Waals surface area contributed by atoms with Crippen LogP contribution in [0.2, 0.25) is 0 Å². The Bertz CT molecular complexity index is 470. The molecule has 6 heteroatoms. The number of nitrogens with one attached hydrogen (secondary N) is 1. The molecule has 1 saturated heterocycles. The van der Waals surface area contributed by atoms with Crippen molar-refractivity contribution in [3.63, 3.8) is 0 Å². The monoisotopic (exact) mass is 403 g/mol. The summed E-state index contributed by atoms with van der Waals surface area (Å²) in [5, 5.41) is 12.0. The number of carbonyl (C=O) groups excluding carboxylic acids is 1. The number of aliphatic hydroxyl groups is 1. The largest absolute Gasteiger partial charge is 0.395 e. The van der Waals surface area contributed by atoms with Gasteiger partial charge in [-0.05, 0) is 54.2 Å². The van der Waals surface area contributed by atoms with Gasteiger partial charge >= 0.3 is 0 Å². The summed E-state index contributed by atoms with van der Waals surface area (Å²) in [6.45, 7) is 5.07. The number of nitrogens with zero attached hydrogens (tertiary/aromatic N) is 2. The number of hydrogen-bond acceptors (Lipinski definition) is 4. The molecular weight excluding hydrogens is 381 g/mol. The van der Waals surface area contributed by atoms with Crippen LogP contribution in [-0.4, -0.2) is 66.7 Å². The van der Waals surface area contributed by atoms with E-state index in [1.165, 1.54) is 0 Å². The first-order valence-corrected chi connectivity index (χ1v) is 8.37. The average Bonchev–Trinajstić information content (AvgIpc) is 2.67. The number of aliphatic hydroxyl groups excluding tert-OH is 1. The number of anilines is 1. The molecule has 1 fully saturated rings. The molecule has 1 aliphatic heterocycles. The molecule has 0 bridgehead atoms. The fourth-order valence-electron chi connectivity index (χ4n) is 2.50. The van der Waals surface area contributed by atoms with E-state index >= 15 is 0 Å². The molecule has 0 atom stereocenters. The minimum atomic E-state index is 0.0368. The maximum atomic E-state index is 12.1. The first-order valence-electron chi connectivity index (χ1n) is 7.29. The van der Waals surface area contributed by atoms with Gasteiger partial charge in [-0.25, -0.2) is 0 Å². The van der Waals surface area contributed by atoms with Gasteiger partial charge in [-0.2, -0.15) is 0 Å². The quantitative estimate of drug-likeness (QED) is 0.727. The third kappa shape index (κ3) is 5.54. The van der Waals surface area contributed by atoms with Gasteiger partial charge in [0.1, 0.15) is 0 Å². The number of benzene rings is 1. The normalized spacial score (nSPS) is 17.4. The fraction of sp³-hybridized carbons (Fsp3) is 0.533. The molecule has 5 nitrogen and oxygen atoms in total. The van der Waals surface area contributed by atoms with Crippen molar-refractivity contribution in [1.29, 1.82) is 0 Å². The van der Waals surface area contributed by atoms with Crippen LogP contribution in [0, 0.1) is 3.57 Å². The highest BCUT2D eigenvalue weighted by Crippen LogP contribution is 2.16. The zero-order chi connectivity index (χ0) is 15.1. The van der Waals surface area contributed by atoms with E-state index in [1.54, 1.807) is 0 Å². The molecular formula is C15H22IN3O2. The van der Waals surface area contributed by atoms with Crippen molar-refractivity contribution >= 4 is 34.2 Å². The van der Waals surface area contributed by atoms with Crippen LogP contribution in [0.4, 0.5) is 5.69 Å². The molecule has 1 aromatic carbocycles. The first-order chi connectivity index (χ1) is 10.2. The van der Waals surface area contributed by atoms with Crippen LogP contribution < -0.4 is 5.32 Å². The van der Waals surface area contributed by atoms with Gasteiger partial charge in [0.15, 0.2) is 0 Å². The molecule has 0 saturated carbocycles. The third-order valence-corrected chi connectivity index (χ3v) is 4.55. The molecule has 2 rings (SSSR count). The molecule has 0 aliphatic carbocycles. The van der Waals surface area contributed by atoms with Crippen molar-refractivity contribution in [3.05, 3.63) is 27.8 Å². The molecule has 2 N–H and O–H groups in total. The van der Waals surface area contributed by atoms with E-state index in [-0.39, 0.29) is 12.5 Å². The lowest BCUT2D eigenvalue weighted by Crippen LogP contribution is -2.37. The van der Waals surface area contributed by atoms with Crippen molar-refractivity contribution in [2.75, 3.05) is 51.2 Å². The Kier molecular flexibility index (Phi) is 6.88. The lowest BCUT2D eigenvalue weighted by Gasteiger charge is -2.20. The summed E-state index contributed by atoms with van der Waals surface area (Å²) < 4.78 is 1.05. The second-order valence-corrected chi connectivity index (χ2v) is 6.39. The summed E-state index contributed by atoms with van der Waals surface area (Å²) >= 11 is 2.22. The van der Waals surface area contributed by atoms with E-state index < -0.39 is 0 Å². The number of carbonyl (C=O) groups is 1. The zero-order valence-corrected chi connectivity index (χ0v) is 14.3. The third-order valence-electron chi connectivity index (χ3n) is 3.61. The van der Waals surface area contributed by atoms with Gasteiger partial charge in [0.25, 0.3) is 0 Å². The maximum Gasteiger partial charge on any atom is 0.238 e.